The van der Waals surface area contributed by atoms with Crippen molar-refractivity contribution >= 4 is 28.9 Å². The highest BCUT2D eigenvalue weighted by molar-refractivity contribution is 5.87. The van der Waals surface area contributed by atoms with Crippen molar-refractivity contribution in [1.29, 1.82) is 0 Å². The van der Waals surface area contributed by atoms with Gasteiger partial charge in [-0.05, 0) is 70.1 Å². The van der Waals surface area contributed by atoms with Crippen LogP contribution in [0, 0.1) is 5.92 Å². The third-order valence-corrected chi connectivity index (χ3v) is 8.25. The van der Waals surface area contributed by atoms with Crippen molar-refractivity contribution in [2.75, 3.05) is 24.7 Å². The van der Waals surface area contributed by atoms with Crippen molar-refractivity contribution in [3.8, 4) is 5.75 Å². The van der Waals surface area contributed by atoms with E-state index in [0.29, 0.717) is 12.5 Å². The second-order valence-corrected chi connectivity index (χ2v) is 12.6. The SMILES string of the molecule is CCCCCNc1nc(N)nc2ccn(Cc3ccc(CNC45CC(C4)C(NC(=O)OC(C)(C)C)C5)cc3OC)c12. The predicted octanol–water partition coefficient (Wildman–Crippen LogP) is 5.21. The zero-order chi connectivity index (χ0) is 29.2. The zero-order valence-electron chi connectivity index (χ0n) is 25.0. The number of methoxy groups -OCH3 is 1. The summed E-state index contributed by atoms with van der Waals surface area (Å²) in [5.41, 5.74) is 9.58. The van der Waals surface area contributed by atoms with Gasteiger partial charge in [0.2, 0.25) is 5.95 Å². The van der Waals surface area contributed by atoms with Gasteiger partial charge in [0, 0.05) is 36.4 Å². The lowest BCUT2D eigenvalue weighted by Crippen LogP contribution is -2.48. The monoisotopic (exact) mass is 563 g/mol. The van der Waals surface area contributed by atoms with Gasteiger partial charge in [-0.25, -0.2) is 9.78 Å². The lowest BCUT2D eigenvalue weighted by Gasteiger charge is -2.39. The number of hydrogen-bond donors (Lipinski definition) is 4. The molecule has 3 saturated carbocycles. The Hall–Kier alpha value is -3.53. The number of rotatable bonds is 12. The number of alkyl carbamates (subject to hydrolysis) is 1. The molecule has 41 heavy (non-hydrogen) atoms. The lowest BCUT2D eigenvalue weighted by atomic mass is 9.76. The summed E-state index contributed by atoms with van der Waals surface area (Å²) in [6.07, 6.45) is 8.19. The highest BCUT2D eigenvalue weighted by Gasteiger charge is 2.56. The van der Waals surface area contributed by atoms with Gasteiger partial charge in [0.25, 0.3) is 0 Å². The largest absolute Gasteiger partial charge is 0.496 e. The van der Waals surface area contributed by atoms with Gasteiger partial charge in [-0.2, -0.15) is 4.98 Å². The second kappa shape index (κ2) is 11.8. The van der Waals surface area contributed by atoms with E-state index in [2.05, 4.69) is 55.6 Å². The van der Waals surface area contributed by atoms with Gasteiger partial charge in [0.05, 0.1) is 19.2 Å². The van der Waals surface area contributed by atoms with Crippen LogP contribution in [0.15, 0.2) is 30.5 Å². The molecule has 6 rings (SSSR count). The average molecular weight is 564 g/mol. The Morgan fingerprint density at radius 2 is 1.98 bits per heavy atom. The van der Waals surface area contributed by atoms with E-state index < -0.39 is 5.60 Å². The summed E-state index contributed by atoms with van der Waals surface area (Å²) in [6, 6.07) is 8.55. The third-order valence-electron chi connectivity index (χ3n) is 8.25. The lowest BCUT2D eigenvalue weighted by molar-refractivity contribution is 0.0493. The Kier molecular flexibility index (Phi) is 8.31. The highest BCUT2D eigenvalue weighted by atomic mass is 16.6. The van der Waals surface area contributed by atoms with Gasteiger partial charge in [-0.15, -0.1) is 0 Å². The minimum Gasteiger partial charge on any atom is -0.496 e. The van der Waals surface area contributed by atoms with Crippen molar-refractivity contribution in [3.63, 3.8) is 0 Å². The molecule has 5 N–H and O–H groups in total. The number of ether oxygens (including phenoxy) is 2. The van der Waals surface area contributed by atoms with E-state index in [4.69, 9.17) is 15.2 Å². The number of benzene rings is 1. The van der Waals surface area contributed by atoms with Crippen LogP contribution in [0.25, 0.3) is 11.0 Å². The van der Waals surface area contributed by atoms with Gasteiger partial charge in [-0.3, -0.25) is 0 Å². The normalized spacial score (nSPS) is 21.5. The summed E-state index contributed by atoms with van der Waals surface area (Å²) in [5, 5.41) is 10.3. The van der Waals surface area contributed by atoms with Crippen LogP contribution in [0.4, 0.5) is 16.6 Å². The van der Waals surface area contributed by atoms with Gasteiger partial charge in [0.15, 0.2) is 5.82 Å². The molecule has 2 bridgehead atoms. The molecule has 1 atom stereocenters. The fraction of sp³-hybridized carbons (Fsp3) is 0.581. The van der Waals surface area contributed by atoms with E-state index in [-0.39, 0.29) is 23.6 Å². The van der Waals surface area contributed by atoms with E-state index in [0.717, 1.165) is 73.4 Å². The number of amides is 1. The van der Waals surface area contributed by atoms with E-state index in [1.165, 1.54) is 12.0 Å². The highest BCUT2D eigenvalue weighted by Crippen LogP contribution is 2.52. The molecule has 10 heteroatoms. The fourth-order valence-corrected chi connectivity index (χ4v) is 6.29. The van der Waals surface area contributed by atoms with Gasteiger partial charge in [0.1, 0.15) is 16.9 Å². The first-order chi connectivity index (χ1) is 19.6. The van der Waals surface area contributed by atoms with E-state index >= 15 is 0 Å². The smallest absolute Gasteiger partial charge is 0.407 e. The predicted molar refractivity (Wildman–Crippen MR) is 162 cm³/mol. The molecule has 0 radical (unpaired) electrons. The molecule has 3 aliphatic rings. The number of carbonyl (C=O) groups excluding carboxylic acids is 1. The second-order valence-electron chi connectivity index (χ2n) is 12.6. The maximum absolute atomic E-state index is 12.3. The van der Waals surface area contributed by atoms with Crippen molar-refractivity contribution in [2.45, 2.75) is 96.5 Å². The molecule has 0 spiro atoms. The maximum atomic E-state index is 12.3. The number of hydrogen-bond acceptors (Lipinski definition) is 8. The first kappa shape index (κ1) is 29.0. The molecule has 0 aliphatic heterocycles. The fourth-order valence-electron chi connectivity index (χ4n) is 6.29. The van der Waals surface area contributed by atoms with Crippen LogP contribution in [0.3, 0.4) is 0 Å². The molecule has 222 valence electrons. The zero-order valence-corrected chi connectivity index (χ0v) is 25.0. The quantitative estimate of drug-likeness (QED) is 0.221. The van der Waals surface area contributed by atoms with E-state index in [1.807, 2.05) is 33.0 Å². The molecule has 0 saturated heterocycles. The van der Waals surface area contributed by atoms with Crippen LogP contribution in [0.1, 0.15) is 77.3 Å². The van der Waals surface area contributed by atoms with Crippen LogP contribution in [-0.2, 0) is 17.8 Å². The van der Waals surface area contributed by atoms with Crippen molar-refractivity contribution in [1.82, 2.24) is 25.2 Å². The minimum atomic E-state index is -0.490. The summed E-state index contributed by atoms with van der Waals surface area (Å²) in [7, 11) is 1.72. The molecule has 1 amide bonds. The Bertz CT molecular complexity index is 1370. The number of carbonyl (C=O) groups is 1. The first-order valence-corrected chi connectivity index (χ1v) is 14.8. The molecule has 1 unspecified atom stereocenters. The van der Waals surface area contributed by atoms with Crippen molar-refractivity contribution < 1.29 is 14.3 Å². The summed E-state index contributed by atoms with van der Waals surface area (Å²) in [4.78, 5) is 21.2. The first-order valence-electron chi connectivity index (χ1n) is 14.8. The molecule has 1 aromatic carbocycles. The molecule has 3 aromatic rings. The molecular weight excluding hydrogens is 518 g/mol. The Morgan fingerprint density at radius 3 is 2.71 bits per heavy atom. The standard InChI is InChI=1S/C31H45N7O3/c1-6-7-8-12-33-27-26-23(35-28(32)37-27)11-13-38(26)19-21-10-9-20(14-25(21)40-5)18-34-31-15-22(16-31)24(17-31)36-29(39)41-30(2,3)4/h9-11,13-14,22,24,34H,6-8,12,15-19H2,1-5H3,(H,36,39)(H3,32,33,35,37). The molecule has 3 fully saturated rings. The number of unbranched alkanes of at least 4 members (excludes halogenated alkanes) is 2. The third kappa shape index (κ3) is 6.69. The Labute approximate surface area is 242 Å². The molecule has 2 heterocycles. The van der Waals surface area contributed by atoms with Gasteiger partial charge < -0.3 is 35.7 Å². The number of aromatic nitrogens is 3. The molecule has 10 nitrogen and oxygen atoms in total. The topological polar surface area (TPSA) is 128 Å². The number of nitrogens with one attached hydrogen (secondary N) is 3. The van der Waals surface area contributed by atoms with Crippen LogP contribution in [0.5, 0.6) is 5.75 Å². The maximum Gasteiger partial charge on any atom is 0.407 e. The molecule has 2 aromatic heterocycles. The molecule has 3 aliphatic carbocycles. The van der Waals surface area contributed by atoms with Crippen LogP contribution in [0.2, 0.25) is 0 Å². The summed E-state index contributed by atoms with van der Waals surface area (Å²) >= 11 is 0. The minimum absolute atomic E-state index is 0.0721. The summed E-state index contributed by atoms with van der Waals surface area (Å²) in [5.74, 6) is 2.39. The Balaban J connectivity index is 1.23. The van der Waals surface area contributed by atoms with Crippen LogP contribution >= 0.6 is 0 Å². The van der Waals surface area contributed by atoms with E-state index in [1.54, 1.807) is 7.11 Å². The average Bonchev–Trinajstić information content (AvgIpc) is 3.55. The van der Waals surface area contributed by atoms with Crippen LogP contribution in [-0.4, -0.2) is 51.5 Å². The van der Waals surface area contributed by atoms with Crippen molar-refractivity contribution in [3.05, 3.63) is 41.6 Å². The van der Waals surface area contributed by atoms with E-state index in [9.17, 15) is 4.79 Å². The summed E-state index contributed by atoms with van der Waals surface area (Å²) in [6.45, 7) is 10.1. The number of nitrogen functional groups attached to an aromatic ring is 1. The van der Waals surface area contributed by atoms with Gasteiger partial charge >= 0.3 is 6.09 Å². The van der Waals surface area contributed by atoms with Crippen molar-refractivity contribution in [2.24, 2.45) is 5.92 Å². The van der Waals surface area contributed by atoms with Gasteiger partial charge in [-0.1, -0.05) is 31.9 Å². The summed E-state index contributed by atoms with van der Waals surface area (Å²) < 4.78 is 13.4. The Morgan fingerprint density at radius 1 is 1.17 bits per heavy atom. The van der Waals surface area contributed by atoms with Crippen LogP contribution < -0.4 is 26.4 Å². The number of nitrogens with zero attached hydrogens (tertiary/aromatic N) is 3. The number of anilines is 2. The number of nitrogens with two attached hydrogens (primary N) is 1. The molecular formula is C31H45N7O3. The number of fused-ring (bicyclic) bond motifs is 2.